The second kappa shape index (κ2) is 19.1. The van der Waals surface area contributed by atoms with Gasteiger partial charge >= 0.3 is 0 Å². The highest BCUT2D eigenvalue weighted by molar-refractivity contribution is 7.23. The van der Waals surface area contributed by atoms with Crippen LogP contribution in [0, 0.1) is 0 Å². The van der Waals surface area contributed by atoms with Crippen molar-refractivity contribution in [1.29, 1.82) is 0 Å². The average Bonchev–Trinajstić information content (AvgIpc) is 2.62. The summed E-state index contributed by atoms with van der Waals surface area (Å²) in [4.78, 5) is 2.52. The predicted molar refractivity (Wildman–Crippen MR) is 349 cm³/mol. The maximum atomic E-state index is 2.53. The fraction of sp³-hybridized carbons (Fsp3) is 0.0127. The van der Waals surface area contributed by atoms with Crippen LogP contribution in [0.3, 0.4) is 0 Å². The summed E-state index contributed by atoms with van der Waals surface area (Å²) >= 11 is 0. The molecule has 13 aromatic rings. The lowest BCUT2D eigenvalue weighted by molar-refractivity contribution is 0.768. The molecular formula is C79H55NSi2. The molecule has 3 heteroatoms. The first-order valence-electron chi connectivity index (χ1n) is 28.7. The first-order chi connectivity index (χ1) is 40.7. The van der Waals surface area contributed by atoms with Crippen molar-refractivity contribution in [3.05, 3.63) is 356 Å². The van der Waals surface area contributed by atoms with Gasteiger partial charge in [0.1, 0.15) is 0 Å². The van der Waals surface area contributed by atoms with Gasteiger partial charge in [-0.15, -0.1) is 0 Å². The molecule has 0 unspecified atom stereocenters. The van der Waals surface area contributed by atoms with Crippen LogP contribution >= 0.6 is 0 Å². The minimum absolute atomic E-state index is 0.561. The minimum atomic E-state index is -2.84. The second-order valence-corrected chi connectivity index (χ2v) is 29.6. The molecule has 0 saturated carbocycles. The molecule has 0 amide bonds. The van der Waals surface area contributed by atoms with Crippen molar-refractivity contribution in [2.75, 3.05) is 4.90 Å². The fourth-order valence-electron chi connectivity index (χ4n) is 15.1. The lowest BCUT2D eigenvalue weighted by Crippen LogP contribution is -2.72. The van der Waals surface area contributed by atoms with Gasteiger partial charge in [0.05, 0.1) is 5.41 Å². The zero-order valence-corrected chi connectivity index (χ0v) is 47.2. The van der Waals surface area contributed by atoms with E-state index in [1.54, 1.807) is 0 Å². The van der Waals surface area contributed by atoms with Gasteiger partial charge in [-0.25, -0.2) is 0 Å². The normalized spacial score (nSPS) is 14.1. The summed E-state index contributed by atoms with van der Waals surface area (Å²) < 4.78 is 0. The Labute approximate surface area is 482 Å². The summed E-state index contributed by atoms with van der Waals surface area (Å²) in [5.41, 5.74) is 18.1. The molecule has 3 aliphatic rings. The van der Waals surface area contributed by atoms with Crippen LogP contribution in [0.1, 0.15) is 22.3 Å². The van der Waals surface area contributed by atoms with E-state index in [9.17, 15) is 0 Å². The third kappa shape index (κ3) is 6.91. The smallest absolute Gasteiger partial charge is 0.180 e. The van der Waals surface area contributed by atoms with Crippen molar-refractivity contribution in [2.24, 2.45) is 0 Å². The van der Waals surface area contributed by atoms with Gasteiger partial charge in [0, 0.05) is 17.1 Å². The van der Waals surface area contributed by atoms with E-state index < -0.39 is 21.6 Å². The number of benzene rings is 13. The molecule has 82 heavy (non-hydrogen) atoms. The van der Waals surface area contributed by atoms with Crippen LogP contribution in [-0.4, -0.2) is 16.1 Å². The molecule has 0 atom stereocenters. The van der Waals surface area contributed by atoms with Crippen molar-refractivity contribution >= 4 is 74.7 Å². The topological polar surface area (TPSA) is 3.24 Å². The Kier molecular flexibility index (Phi) is 11.2. The highest BCUT2D eigenvalue weighted by Gasteiger charge is 2.51. The van der Waals surface area contributed by atoms with Crippen molar-refractivity contribution in [2.45, 2.75) is 5.41 Å². The van der Waals surface area contributed by atoms with Crippen LogP contribution in [0.15, 0.2) is 334 Å². The fourth-order valence-corrected chi connectivity index (χ4v) is 25.5. The third-order valence-electron chi connectivity index (χ3n) is 18.3. The van der Waals surface area contributed by atoms with Gasteiger partial charge in [-0.3, -0.25) is 0 Å². The van der Waals surface area contributed by atoms with Crippen LogP contribution in [0.25, 0.3) is 44.5 Å². The molecule has 0 N–H and O–H groups in total. The van der Waals surface area contributed by atoms with E-state index >= 15 is 0 Å². The number of hydrogen-bond acceptors (Lipinski definition) is 1. The van der Waals surface area contributed by atoms with Gasteiger partial charge in [-0.1, -0.05) is 297 Å². The summed E-state index contributed by atoms with van der Waals surface area (Å²) in [6.07, 6.45) is 0. The molecule has 0 radical (unpaired) electrons. The molecule has 2 heterocycles. The van der Waals surface area contributed by atoms with E-state index in [2.05, 4.69) is 339 Å². The van der Waals surface area contributed by atoms with E-state index in [-0.39, 0.29) is 0 Å². The molecule has 0 fully saturated rings. The molecule has 0 aromatic heterocycles. The number of rotatable bonds is 10. The van der Waals surface area contributed by atoms with Crippen LogP contribution in [-0.2, 0) is 5.41 Å². The highest BCUT2D eigenvalue weighted by Crippen LogP contribution is 2.56. The van der Waals surface area contributed by atoms with Crippen molar-refractivity contribution in [1.82, 2.24) is 0 Å². The maximum Gasteiger partial charge on any atom is 0.180 e. The molecular weight excluding hydrogens is 1020 g/mol. The molecule has 384 valence electrons. The number of nitrogens with zero attached hydrogens (tertiary/aromatic N) is 1. The molecule has 16 rings (SSSR count). The SMILES string of the molecule is c1ccc(C2(c3cccc(N(c4ccc(-c5ccc6c(c5)[Si](c5ccccc5)(c5ccccc5)c5ccccc5-6)cc4)c4cccc([Si]5(c6ccccc6)c6ccccc6-c6ccccc65)c4)c3)c3ccccc3-c3ccccc32)cc1. The number of hydrogen-bond donors (Lipinski definition) is 0. The van der Waals surface area contributed by atoms with Gasteiger partial charge in [0.2, 0.25) is 0 Å². The van der Waals surface area contributed by atoms with E-state index in [1.165, 1.54) is 108 Å². The van der Waals surface area contributed by atoms with Gasteiger partial charge in [0.15, 0.2) is 16.1 Å². The van der Waals surface area contributed by atoms with Gasteiger partial charge in [0.25, 0.3) is 0 Å². The van der Waals surface area contributed by atoms with Crippen LogP contribution in [0.2, 0.25) is 0 Å². The lowest BCUT2D eigenvalue weighted by atomic mass is 9.67. The lowest BCUT2D eigenvalue weighted by Gasteiger charge is -2.35. The molecule has 1 nitrogen and oxygen atoms in total. The Balaban J connectivity index is 0.903. The summed E-state index contributed by atoms with van der Waals surface area (Å²) in [6, 6.07) is 127. The van der Waals surface area contributed by atoms with Gasteiger partial charge in [-0.2, -0.15) is 0 Å². The Bertz CT molecular complexity index is 4260. The molecule has 0 saturated heterocycles. The van der Waals surface area contributed by atoms with Crippen molar-refractivity contribution in [3.8, 4) is 44.5 Å². The van der Waals surface area contributed by atoms with Gasteiger partial charge in [-0.05, 0) is 145 Å². The van der Waals surface area contributed by atoms with Crippen LogP contribution in [0.4, 0.5) is 17.1 Å². The van der Waals surface area contributed by atoms with Crippen LogP contribution < -0.4 is 46.4 Å². The summed E-state index contributed by atoms with van der Waals surface area (Å²) in [6.45, 7) is 0. The quantitative estimate of drug-likeness (QED) is 0.123. The largest absolute Gasteiger partial charge is 0.310 e. The van der Waals surface area contributed by atoms with E-state index in [0.29, 0.717) is 0 Å². The Hall–Kier alpha value is -9.91. The summed E-state index contributed by atoms with van der Waals surface area (Å²) in [5, 5.41) is 11.3. The van der Waals surface area contributed by atoms with E-state index in [1.807, 2.05) is 0 Å². The third-order valence-corrected chi connectivity index (χ3v) is 28.0. The summed E-state index contributed by atoms with van der Waals surface area (Å²) in [7, 11) is -5.54. The van der Waals surface area contributed by atoms with Crippen molar-refractivity contribution < 1.29 is 0 Å². The van der Waals surface area contributed by atoms with E-state index in [0.717, 1.165) is 17.1 Å². The Morgan fingerprint density at radius 2 is 0.598 bits per heavy atom. The molecule has 1 aliphatic carbocycles. The minimum Gasteiger partial charge on any atom is -0.310 e. The molecule has 2 aliphatic heterocycles. The molecule has 13 aromatic carbocycles. The highest BCUT2D eigenvalue weighted by atomic mass is 28.3. The first-order valence-corrected chi connectivity index (χ1v) is 32.7. The average molecular weight is 1070 g/mol. The Morgan fingerprint density at radius 1 is 0.220 bits per heavy atom. The van der Waals surface area contributed by atoms with E-state index in [4.69, 9.17) is 0 Å². The zero-order chi connectivity index (χ0) is 54.2. The Morgan fingerprint density at radius 3 is 1.12 bits per heavy atom. The standard InChI is InChI=1S/C79H55NSi2/c1-5-25-58(26-6-1)79(73-42-18-13-37-67(73)68-38-14-19-43-74(68)79)59-27-23-28-61(54-59)80(62-29-24-36-66(55-62)82(65-34-11-4-12-35-65)76-45-21-15-39-69(76)70-40-16-22-46-77(70)82)60-50-47-56(48-51-60)57-49-52-72-71-41-17-20-44-75(71)81(78(72)53-57,63-30-7-2-8-31-63)64-32-9-3-10-33-64/h1-55H. The maximum absolute atomic E-state index is 2.84. The molecule has 0 spiro atoms. The number of anilines is 3. The first kappa shape index (κ1) is 48.0. The van der Waals surface area contributed by atoms with Gasteiger partial charge < -0.3 is 4.90 Å². The molecule has 0 bridgehead atoms. The van der Waals surface area contributed by atoms with Crippen LogP contribution in [0.5, 0.6) is 0 Å². The van der Waals surface area contributed by atoms with Crippen molar-refractivity contribution in [3.63, 3.8) is 0 Å². The summed E-state index contributed by atoms with van der Waals surface area (Å²) in [5.74, 6) is 0. The second-order valence-electron chi connectivity index (χ2n) is 22.2. The zero-order valence-electron chi connectivity index (χ0n) is 45.2. The number of fused-ring (bicyclic) bond motifs is 9. The monoisotopic (exact) mass is 1070 g/mol. The predicted octanol–water partition coefficient (Wildman–Crippen LogP) is 13.9.